The fraction of sp³-hybridized carbons (Fsp3) is 0.190. The van der Waals surface area contributed by atoms with Crippen molar-refractivity contribution in [3.05, 3.63) is 70.6 Å². The van der Waals surface area contributed by atoms with Gasteiger partial charge in [-0.25, -0.2) is 9.18 Å². The van der Waals surface area contributed by atoms with Gasteiger partial charge in [-0.15, -0.1) is 0 Å². The molecule has 0 radical (unpaired) electrons. The van der Waals surface area contributed by atoms with Crippen molar-refractivity contribution in [2.24, 2.45) is 5.92 Å². The molecule has 2 aromatic carbocycles. The van der Waals surface area contributed by atoms with Crippen LogP contribution in [0.25, 0.3) is 0 Å². The number of carbonyl (C=O) groups excluding carboxylic acids is 3. The first kappa shape index (κ1) is 20.5. The Morgan fingerprint density at radius 2 is 1.83 bits per heavy atom. The van der Waals surface area contributed by atoms with E-state index in [4.69, 9.17) is 16.3 Å². The monoisotopic (exact) mass is 416 g/mol. The Morgan fingerprint density at radius 3 is 2.45 bits per heavy atom. The zero-order valence-corrected chi connectivity index (χ0v) is 16.5. The lowest BCUT2D eigenvalue weighted by Gasteiger charge is -2.33. The smallest absolute Gasteiger partial charge is 0.336 e. The first-order valence-corrected chi connectivity index (χ1v) is 9.14. The summed E-state index contributed by atoms with van der Waals surface area (Å²) in [5, 5.41) is 2.94. The van der Waals surface area contributed by atoms with Crippen molar-refractivity contribution in [1.29, 1.82) is 0 Å². The number of ether oxygens (including phenoxy) is 1. The average Bonchev–Trinajstić information content (AvgIpc) is 2.70. The molecule has 1 N–H and O–H groups in total. The summed E-state index contributed by atoms with van der Waals surface area (Å²) in [7, 11) is 1.19. The van der Waals surface area contributed by atoms with Crippen LogP contribution in [-0.4, -0.2) is 24.9 Å². The van der Waals surface area contributed by atoms with E-state index in [1.165, 1.54) is 30.2 Å². The van der Waals surface area contributed by atoms with Gasteiger partial charge in [0.25, 0.3) is 0 Å². The van der Waals surface area contributed by atoms with Gasteiger partial charge >= 0.3 is 5.97 Å². The molecule has 8 heteroatoms. The molecule has 6 nitrogen and oxygen atoms in total. The fourth-order valence-corrected chi connectivity index (χ4v) is 3.39. The molecule has 0 saturated carbocycles. The van der Waals surface area contributed by atoms with Crippen molar-refractivity contribution in [3.63, 3.8) is 0 Å². The molecule has 0 aliphatic carbocycles. The third-order valence-corrected chi connectivity index (χ3v) is 4.89. The molecule has 0 aromatic heterocycles. The molecule has 0 spiro atoms. The van der Waals surface area contributed by atoms with Crippen LogP contribution in [0.15, 0.2) is 59.8 Å². The molecule has 1 heterocycles. The molecule has 2 amide bonds. The molecule has 29 heavy (non-hydrogen) atoms. The Labute approximate surface area is 171 Å². The van der Waals surface area contributed by atoms with Gasteiger partial charge in [-0.2, -0.15) is 0 Å². The topological polar surface area (TPSA) is 75.7 Å². The number of benzene rings is 2. The van der Waals surface area contributed by atoms with E-state index < -0.39 is 23.6 Å². The van der Waals surface area contributed by atoms with Gasteiger partial charge in [0.05, 0.1) is 24.3 Å². The highest BCUT2D eigenvalue weighted by Crippen LogP contribution is 2.34. The van der Waals surface area contributed by atoms with Crippen molar-refractivity contribution in [1.82, 2.24) is 0 Å². The van der Waals surface area contributed by atoms with E-state index in [0.29, 0.717) is 10.7 Å². The predicted molar refractivity (Wildman–Crippen MR) is 107 cm³/mol. The Bertz CT molecular complexity index is 1000. The number of methoxy groups -OCH3 is 1. The van der Waals surface area contributed by atoms with Crippen molar-refractivity contribution >= 4 is 40.8 Å². The maximum absolute atomic E-state index is 13.9. The third-order valence-electron chi connectivity index (χ3n) is 4.64. The molecule has 2 aromatic rings. The second-order valence-electron chi connectivity index (χ2n) is 6.42. The number of hydrogen-bond acceptors (Lipinski definition) is 4. The van der Waals surface area contributed by atoms with Crippen molar-refractivity contribution < 1.29 is 23.5 Å². The van der Waals surface area contributed by atoms with Crippen molar-refractivity contribution in [3.8, 4) is 0 Å². The predicted octanol–water partition coefficient (Wildman–Crippen LogP) is 3.92. The number of nitrogens with one attached hydrogen (secondary N) is 1. The average molecular weight is 417 g/mol. The number of nitrogens with zero attached hydrogens (tertiary/aromatic N) is 1. The van der Waals surface area contributed by atoms with Gasteiger partial charge in [0.1, 0.15) is 5.82 Å². The van der Waals surface area contributed by atoms with Crippen LogP contribution in [0.2, 0.25) is 5.02 Å². The number of allylic oxidation sites excluding steroid dienone is 1. The number of hydrogen-bond donors (Lipinski definition) is 1. The lowest BCUT2D eigenvalue weighted by atomic mass is 9.88. The summed E-state index contributed by atoms with van der Waals surface area (Å²) in [5.74, 6) is -3.52. The van der Waals surface area contributed by atoms with E-state index in [2.05, 4.69) is 5.32 Å². The van der Waals surface area contributed by atoms with Crippen molar-refractivity contribution in [2.75, 3.05) is 17.3 Å². The van der Waals surface area contributed by atoms with Crippen LogP contribution in [0.1, 0.15) is 13.3 Å². The molecule has 1 atom stereocenters. The van der Waals surface area contributed by atoms with Crippen LogP contribution in [0.5, 0.6) is 0 Å². The van der Waals surface area contributed by atoms with Gasteiger partial charge < -0.3 is 10.1 Å². The van der Waals surface area contributed by atoms with Crippen LogP contribution in [0.4, 0.5) is 15.8 Å². The minimum atomic E-state index is -1.11. The van der Waals surface area contributed by atoms with E-state index in [1.807, 2.05) is 0 Å². The highest BCUT2D eigenvalue weighted by atomic mass is 35.5. The Kier molecular flexibility index (Phi) is 5.98. The molecule has 0 saturated heterocycles. The summed E-state index contributed by atoms with van der Waals surface area (Å²) < 4.78 is 18.7. The summed E-state index contributed by atoms with van der Waals surface area (Å²) in [6, 6.07) is 12.2. The first-order valence-electron chi connectivity index (χ1n) is 8.76. The summed E-state index contributed by atoms with van der Waals surface area (Å²) in [6.07, 6.45) is -0.273. The number of carbonyl (C=O) groups is 3. The summed E-state index contributed by atoms with van der Waals surface area (Å²) in [6.45, 7) is 1.56. The molecule has 0 fully saturated rings. The second-order valence-corrected chi connectivity index (χ2v) is 6.86. The van der Waals surface area contributed by atoms with Gasteiger partial charge in [-0.05, 0) is 43.3 Å². The van der Waals surface area contributed by atoms with E-state index in [0.717, 1.165) is 0 Å². The van der Waals surface area contributed by atoms with Crippen molar-refractivity contribution in [2.45, 2.75) is 13.3 Å². The molecule has 3 rings (SSSR count). The molecule has 150 valence electrons. The van der Waals surface area contributed by atoms with Gasteiger partial charge in [0.2, 0.25) is 11.8 Å². The molecular weight excluding hydrogens is 399 g/mol. The molecule has 0 bridgehead atoms. The minimum Gasteiger partial charge on any atom is -0.466 e. The van der Waals surface area contributed by atoms with Gasteiger partial charge in [-0.3, -0.25) is 14.5 Å². The van der Waals surface area contributed by atoms with Crippen LogP contribution >= 0.6 is 11.6 Å². The normalized spacial score (nSPS) is 16.6. The number of esters is 1. The third kappa shape index (κ3) is 4.14. The van der Waals surface area contributed by atoms with Crippen LogP contribution in [0, 0.1) is 11.7 Å². The van der Waals surface area contributed by atoms with E-state index in [-0.39, 0.29) is 29.3 Å². The highest BCUT2D eigenvalue weighted by molar-refractivity contribution is 6.30. The summed E-state index contributed by atoms with van der Waals surface area (Å²) in [5.41, 5.74) is 0.776. The molecule has 1 unspecified atom stereocenters. The number of halogens is 2. The SMILES string of the molecule is COC(=O)C1=C(C)N(c2ccc(Cl)cc2)C(=O)CC1C(=O)Nc1ccccc1F. The summed E-state index contributed by atoms with van der Waals surface area (Å²) in [4.78, 5) is 39.5. The first-order chi connectivity index (χ1) is 13.8. The highest BCUT2D eigenvalue weighted by Gasteiger charge is 2.40. The lowest BCUT2D eigenvalue weighted by molar-refractivity contribution is -0.138. The quantitative estimate of drug-likeness (QED) is 0.766. The number of amides is 2. The number of anilines is 2. The van der Waals surface area contributed by atoms with Gasteiger partial charge in [-0.1, -0.05) is 23.7 Å². The van der Waals surface area contributed by atoms with E-state index >= 15 is 0 Å². The molecule has 1 aliphatic rings. The lowest BCUT2D eigenvalue weighted by Crippen LogP contribution is -2.43. The second kappa shape index (κ2) is 8.45. The number of para-hydroxylation sites is 1. The molecule has 1 aliphatic heterocycles. The van der Waals surface area contributed by atoms with Gasteiger partial charge in [0, 0.05) is 22.8 Å². The molecular formula is C21H18ClFN2O4. The van der Waals surface area contributed by atoms with Gasteiger partial charge in [0.15, 0.2) is 0 Å². The van der Waals surface area contributed by atoms with E-state index in [9.17, 15) is 18.8 Å². The Morgan fingerprint density at radius 1 is 1.17 bits per heavy atom. The van der Waals surface area contributed by atoms with Crippen LogP contribution in [-0.2, 0) is 19.1 Å². The maximum Gasteiger partial charge on any atom is 0.336 e. The Balaban J connectivity index is 2.01. The zero-order chi connectivity index (χ0) is 21.1. The fourth-order valence-electron chi connectivity index (χ4n) is 3.26. The van der Waals surface area contributed by atoms with Crippen LogP contribution in [0.3, 0.4) is 0 Å². The minimum absolute atomic E-state index is 0.0352. The van der Waals surface area contributed by atoms with Crippen LogP contribution < -0.4 is 10.2 Å². The number of rotatable bonds is 4. The van der Waals surface area contributed by atoms with E-state index in [1.54, 1.807) is 37.3 Å². The summed E-state index contributed by atoms with van der Waals surface area (Å²) >= 11 is 5.91. The largest absolute Gasteiger partial charge is 0.466 e. The standard InChI is InChI=1S/C21H18ClFN2O4/c1-12-19(21(28)29-2)15(20(27)24-17-6-4-3-5-16(17)23)11-18(26)25(12)14-9-7-13(22)8-10-14/h3-10,15H,11H2,1-2H3,(H,24,27). The Hall–Kier alpha value is -3.19. The zero-order valence-electron chi connectivity index (χ0n) is 15.7. The maximum atomic E-state index is 13.9.